The summed E-state index contributed by atoms with van der Waals surface area (Å²) >= 11 is 0. The third-order valence-electron chi connectivity index (χ3n) is 4.64. The van der Waals surface area contributed by atoms with E-state index in [-0.39, 0.29) is 35.3 Å². The van der Waals surface area contributed by atoms with Crippen molar-refractivity contribution in [3.8, 4) is 17.2 Å². The van der Waals surface area contributed by atoms with Crippen molar-refractivity contribution >= 4 is 10.1 Å². The molecule has 0 fully saturated rings. The van der Waals surface area contributed by atoms with Crippen molar-refractivity contribution in [2.75, 3.05) is 0 Å². The van der Waals surface area contributed by atoms with Gasteiger partial charge in [-0.15, -0.1) is 5.75 Å². The smallest absolute Gasteiger partial charge is 0.872 e. The molecule has 0 spiro atoms. The molecule has 29 heavy (non-hydrogen) atoms. The van der Waals surface area contributed by atoms with Crippen molar-refractivity contribution in [1.29, 1.82) is 0 Å². The van der Waals surface area contributed by atoms with Crippen LogP contribution in [0.1, 0.15) is 63.9 Å². The van der Waals surface area contributed by atoms with E-state index in [4.69, 9.17) is 4.74 Å². The molecule has 1 N–H and O–H groups in total. The van der Waals surface area contributed by atoms with Gasteiger partial charge in [-0.05, 0) is 42.7 Å². The molecule has 0 atom stereocenters. The Morgan fingerprint density at radius 3 is 2.24 bits per heavy atom. The summed E-state index contributed by atoms with van der Waals surface area (Å²) in [6, 6.07) is 10.8. The molecule has 0 aliphatic rings. The van der Waals surface area contributed by atoms with Crippen LogP contribution >= 0.6 is 0 Å². The summed E-state index contributed by atoms with van der Waals surface area (Å²) in [5, 5.41) is 11.4. The van der Waals surface area contributed by atoms with Gasteiger partial charge in [-0.2, -0.15) is 8.42 Å². The van der Waals surface area contributed by atoms with Crippen molar-refractivity contribution < 1.29 is 52.4 Å². The molecular weight excluding hydrogens is 399 g/mol. The monoisotopic (exact) mass is 428 g/mol. The van der Waals surface area contributed by atoms with Crippen LogP contribution in [0, 0.1) is 0 Å². The molecule has 0 amide bonds. The maximum absolute atomic E-state index is 11.5. The van der Waals surface area contributed by atoms with Gasteiger partial charge in [0.2, 0.25) is 0 Å². The number of benzene rings is 2. The Balaban J connectivity index is 0.00000420. The number of rotatable bonds is 12. The molecule has 2 rings (SSSR count). The first-order chi connectivity index (χ1) is 13.4. The van der Waals surface area contributed by atoms with Gasteiger partial charge >= 0.3 is 29.6 Å². The summed E-state index contributed by atoms with van der Waals surface area (Å²) < 4.78 is 37.9. The Hall–Kier alpha value is -1.05. The summed E-state index contributed by atoms with van der Waals surface area (Å²) in [7, 11) is -4.54. The standard InChI is InChI=1S/C22H30O5S.Na/c1-2-3-4-5-6-7-8-9-11-18-12-10-13-20(16-18)27-21-15-14-19(23)17-22(21)28(24,25)26;/h10,12-17,23H,2-9,11H2,1H3,(H,24,25,26);/q;+1/p-1. The maximum Gasteiger partial charge on any atom is 1.00 e. The molecular formula is C22H29NaO5S. The SMILES string of the molecule is CCCCCCCCCCc1cccc(Oc2ccc([O-])cc2S(=O)(=O)O)c1.[Na+]. The van der Waals surface area contributed by atoms with E-state index in [9.17, 15) is 18.1 Å². The predicted octanol–water partition coefficient (Wildman–Crippen LogP) is 2.49. The Labute approximate surface area is 196 Å². The van der Waals surface area contributed by atoms with Crippen LogP contribution in [0.2, 0.25) is 0 Å². The first-order valence-electron chi connectivity index (χ1n) is 9.95. The number of aryl methyl sites for hydroxylation is 1. The van der Waals surface area contributed by atoms with Crippen molar-refractivity contribution in [2.24, 2.45) is 0 Å². The second-order valence-electron chi connectivity index (χ2n) is 7.06. The van der Waals surface area contributed by atoms with Gasteiger partial charge in [0, 0.05) is 0 Å². The van der Waals surface area contributed by atoms with Crippen molar-refractivity contribution in [3.63, 3.8) is 0 Å². The zero-order valence-corrected chi connectivity index (χ0v) is 20.2. The minimum absolute atomic E-state index is 0. The molecule has 2 aromatic carbocycles. The average molecular weight is 429 g/mol. The van der Waals surface area contributed by atoms with Crippen molar-refractivity contribution in [3.05, 3.63) is 48.0 Å². The molecule has 2 aromatic rings. The van der Waals surface area contributed by atoms with Crippen LogP contribution in [0.15, 0.2) is 47.4 Å². The fraction of sp³-hybridized carbons (Fsp3) is 0.455. The Kier molecular flexibility index (Phi) is 11.9. The molecule has 0 aliphatic carbocycles. The molecule has 0 heterocycles. The van der Waals surface area contributed by atoms with E-state index in [0.29, 0.717) is 5.75 Å². The molecule has 0 saturated heterocycles. The molecule has 7 heteroatoms. The van der Waals surface area contributed by atoms with Gasteiger partial charge in [-0.3, -0.25) is 4.55 Å². The Morgan fingerprint density at radius 1 is 0.931 bits per heavy atom. The van der Waals surface area contributed by atoms with Gasteiger partial charge in [0.25, 0.3) is 10.1 Å². The fourth-order valence-electron chi connectivity index (χ4n) is 3.13. The minimum Gasteiger partial charge on any atom is -0.872 e. The van der Waals surface area contributed by atoms with Gasteiger partial charge in [0.1, 0.15) is 16.4 Å². The molecule has 0 bridgehead atoms. The molecule has 0 radical (unpaired) electrons. The summed E-state index contributed by atoms with van der Waals surface area (Å²) in [5.41, 5.74) is 1.11. The normalized spacial score (nSPS) is 11.1. The van der Waals surface area contributed by atoms with E-state index in [1.807, 2.05) is 18.2 Å². The molecule has 0 aliphatic heterocycles. The second kappa shape index (κ2) is 13.3. The van der Waals surface area contributed by atoms with E-state index in [2.05, 4.69) is 6.92 Å². The van der Waals surface area contributed by atoms with Gasteiger partial charge in [-0.25, -0.2) is 0 Å². The van der Waals surface area contributed by atoms with Crippen molar-refractivity contribution in [2.45, 2.75) is 69.6 Å². The molecule has 5 nitrogen and oxygen atoms in total. The second-order valence-corrected chi connectivity index (χ2v) is 8.45. The first kappa shape index (κ1) is 26.0. The quantitative estimate of drug-likeness (QED) is 0.319. The van der Waals surface area contributed by atoms with Crippen LogP contribution in [0.5, 0.6) is 17.2 Å². The molecule has 154 valence electrons. The van der Waals surface area contributed by atoms with Crippen LogP contribution in [0.25, 0.3) is 0 Å². The van der Waals surface area contributed by atoms with E-state index in [1.165, 1.54) is 57.1 Å². The van der Waals surface area contributed by atoms with E-state index >= 15 is 0 Å². The first-order valence-corrected chi connectivity index (χ1v) is 11.4. The average Bonchev–Trinajstić information content (AvgIpc) is 2.65. The van der Waals surface area contributed by atoms with Crippen LogP contribution in [0.4, 0.5) is 0 Å². The molecule has 0 unspecified atom stereocenters. The third-order valence-corrected chi connectivity index (χ3v) is 5.51. The molecule has 0 saturated carbocycles. The van der Waals surface area contributed by atoms with Crippen LogP contribution in [-0.2, 0) is 16.5 Å². The Morgan fingerprint density at radius 2 is 1.59 bits per heavy atom. The van der Waals surface area contributed by atoms with E-state index < -0.39 is 20.8 Å². The van der Waals surface area contributed by atoms with E-state index in [0.717, 1.165) is 24.5 Å². The van der Waals surface area contributed by atoms with Gasteiger partial charge in [0.15, 0.2) is 0 Å². The predicted molar refractivity (Wildman–Crippen MR) is 109 cm³/mol. The van der Waals surface area contributed by atoms with Gasteiger partial charge in [0.05, 0.1) is 0 Å². The number of ether oxygens (including phenoxy) is 1. The topological polar surface area (TPSA) is 86.7 Å². The number of unbranched alkanes of at least 4 members (excludes halogenated alkanes) is 7. The summed E-state index contributed by atoms with van der Waals surface area (Å²) in [6.45, 7) is 2.22. The number of hydrogen-bond donors (Lipinski definition) is 1. The zero-order chi connectivity index (χ0) is 20.4. The summed E-state index contributed by atoms with van der Waals surface area (Å²) in [4.78, 5) is -0.520. The van der Waals surface area contributed by atoms with Crippen molar-refractivity contribution in [1.82, 2.24) is 0 Å². The summed E-state index contributed by atoms with van der Waals surface area (Å²) in [5.74, 6) is -0.102. The summed E-state index contributed by atoms with van der Waals surface area (Å²) in [6.07, 6.45) is 11.0. The van der Waals surface area contributed by atoms with Crippen LogP contribution in [0.3, 0.4) is 0 Å². The van der Waals surface area contributed by atoms with Crippen LogP contribution in [-0.4, -0.2) is 13.0 Å². The minimum atomic E-state index is -4.54. The largest absolute Gasteiger partial charge is 1.00 e. The van der Waals surface area contributed by atoms with Gasteiger partial charge in [-0.1, -0.05) is 70.1 Å². The third kappa shape index (κ3) is 9.53. The zero-order valence-electron chi connectivity index (χ0n) is 17.4. The maximum atomic E-state index is 11.5. The van der Waals surface area contributed by atoms with E-state index in [1.54, 1.807) is 6.07 Å². The van der Waals surface area contributed by atoms with Gasteiger partial charge < -0.3 is 9.84 Å². The fourth-order valence-corrected chi connectivity index (χ4v) is 3.76. The van der Waals surface area contributed by atoms with Crippen LogP contribution < -0.4 is 39.4 Å². The molecule has 0 aromatic heterocycles. The Bertz CT molecular complexity index is 852. The number of hydrogen-bond acceptors (Lipinski definition) is 4.